The molecule has 1 aromatic rings. The Labute approximate surface area is 86.0 Å². The predicted molar refractivity (Wildman–Crippen MR) is 60.5 cm³/mol. The molecule has 14 heavy (non-hydrogen) atoms. The third-order valence-electron chi connectivity index (χ3n) is 2.56. The maximum atomic E-state index is 9.03. The molecule has 1 unspecified atom stereocenters. The van der Waals surface area contributed by atoms with E-state index in [4.69, 9.17) is 5.11 Å². The highest BCUT2D eigenvalue weighted by Crippen LogP contribution is 2.14. The van der Waals surface area contributed by atoms with Gasteiger partial charge in [-0.15, -0.1) is 0 Å². The number of aryl methyl sites for hydroxylation is 1. The fourth-order valence-electron chi connectivity index (χ4n) is 1.36. The molecule has 0 heterocycles. The number of rotatable bonds is 5. The van der Waals surface area contributed by atoms with Gasteiger partial charge in [0.2, 0.25) is 0 Å². The lowest BCUT2D eigenvalue weighted by Crippen LogP contribution is -2.17. The summed E-state index contributed by atoms with van der Waals surface area (Å²) in [5, 5.41) is 12.4. The Kier molecular flexibility index (Phi) is 4.47. The summed E-state index contributed by atoms with van der Waals surface area (Å²) in [4.78, 5) is 0. The van der Waals surface area contributed by atoms with Crippen molar-refractivity contribution in [2.45, 2.75) is 20.3 Å². The fourth-order valence-corrected chi connectivity index (χ4v) is 1.36. The Morgan fingerprint density at radius 1 is 1.36 bits per heavy atom. The molecule has 0 amide bonds. The molecule has 1 atom stereocenters. The van der Waals surface area contributed by atoms with Crippen LogP contribution in [-0.4, -0.2) is 18.3 Å². The van der Waals surface area contributed by atoms with Crippen molar-refractivity contribution in [2.24, 2.45) is 5.92 Å². The van der Waals surface area contributed by atoms with Gasteiger partial charge in [-0.2, -0.15) is 0 Å². The van der Waals surface area contributed by atoms with E-state index in [1.165, 1.54) is 11.3 Å². The van der Waals surface area contributed by atoms with E-state index in [1.54, 1.807) is 0 Å². The number of hydrogen-bond acceptors (Lipinski definition) is 2. The van der Waals surface area contributed by atoms with E-state index in [2.05, 4.69) is 31.3 Å². The largest absolute Gasteiger partial charge is 0.396 e. The van der Waals surface area contributed by atoms with Gasteiger partial charge in [0.05, 0.1) is 0 Å². The molecule has 78 valence electrons. The summed E-state index contributed by atoms with van der Waals surface area (Å²) in [7, 11) is 0. The van der Waals surface area contributed by atoms with Crippen LogP contribution < -0.4 is 5.32 Å². The lowest BCUT2D eigenvalue weighted by Gasteiger charge is -2.14. The zero-order valence-corrected chi connectivity index (χ0v) is 8.96. The average molecular weight is 193 g/mol. The summed E-state index contributed by atoms with van der Waals surface area (Å²) in [5.74, 6) is 0.356. The van der Waals surface area contributed by atoms with Crippen LogP contribution in [0.2, 0.25) is 0 Å². The van der Waals surface area contributed by atoms with Gasteiger partial charge in [0.15, 0.2) is 0 Å². The highest BCUT2D eigenvalue weighted by atomic mass is 16.3. The number of anilines is 1. The van der Waals surface area contributed by atoms with Crippen molar-refractivity contribution in [2.75, 3.05) is 18.5 Å². The Hall–Kier alpha value is -1.02. The number of aliphatic hydroxyl groups is 1. The number of para-hydroxylation sites is 1. The third kappa shape index (κ3) is 3.04. The molecule has 2 heteroatoms. The summed E-state index contributed by atoms with van der Waals surface area (Å²) in [6.07, 6.45) is 1.01. The molecule has 0 radical (unpaired) electrons. The topological polar surface area (TPSA) is 32.3 Å². The molecule has 2 N–H and O–H groups in total. The van der Waals surface area contributed by atoms with Crippen LogP contribution >= 0.6 is 0 Å². The lowest BCUT2D eigenvalue weighted by molar-refractivity contribution is 0.230. The van der Waals surface area contributed by atoms with Gasteiger partial charge in [-0.05, 0) is 30.9 Å². The van der Waals surface area contributed by atoms with Gasteiger partial charge < -0.3 is 10.4 Å². The van der Waals surface area contributed by atoms with Gasteiger partial charge in [0.25, 0.3) is 0 Å². The first-order valence-corrected chi connectivity index (χ1v) is 5.18. The first-order chi connectivity index (χ1) is 6.77. The molecule has 0 aliphatic heterocycles. The smallest absolute Gasteiger partial charge is 0.0475 e. The lowest BCUT2D eigenvalue weighted by atomic mass is 10.1. The zero-order valence-electron chi connectivity index (χ0n) is 8.96. The molecular formula is C12H19NO. The third-order valence-corrected chi connectivity index (χ3v) is 2.56. The minimum atomic E-state index is 0.259. The predicted octanol–water partition coefficient (Wildman–Crippen LogP) is 2.43. The summed E-state index contributed by atoms with van der Waals surface area (Å²) in [6, 6.07) is 8.21. The van der Waals surface area contributed by atoms with Crippen molar-refractivity contribution in [3.05, 3.63) is 29.8 Å². The van der Waals surface area contributed by atoms with Crippen molar-refractivity contribution < 1.29 is 5.11 Å². The number of aliphatic hydroxyl groups excluding tert-OH is 1. The molecule has 0 aliphatic rings. The van der Waals surface area contributed by atoms with Crippen molar-refractivity contribution in [3.63, 3.8) is 0 Å². The second kappa shape index (κ2) is 5.66. The van der Waals surface area contributed by atoms with E-state index < -0.39 is 0 Å². The SMILES string of the molecule is CCC(CO)CNc1ccccc1C. The van der Waals surface area contributed by atoms with Crippen LogP contribution in [0.15, 0.2) is 24.3 Å². The van der Waals surface area contributed by atoms with Crippen LogP contribution in [0.3, 0.4) is 0 Å². The van der Waals surface area contributed by atoms with Crippen LogP contribution in [0.5, 0.6) is 0 Å². The fraction of sp³-hybridized carbons (Fsp3) is 0.500. The second-order valence-corrected chi connectivity index (χ2v) is 3.65. The Balaban J connectivity index is 2.49. The second-order valence-electron chi connectivity index (χ2n) is 3.65. The van der Waals surface area contributed by atoms with Crippen LogP contribution in [-0.2, 0) is 0 Å². The average Bonchev–Trinajstić information content (AvgIpc) is 2.22. The molecule has 0 saturated carbocycles. The minimum absolute atomic E-state index is 0.259. The van der Waals surface area contributed by atoms with Gasteiger partial charge >= 0.3 is 0 Å². The molecule has 0 aliphatic carbocycles. The van der Waals surface area contributed by atoms with Crippen molar-refractivity contribution in [1.82, 2.24) is 0 Å². The molecule has 1 rings (SSSR count). The molecular weight excluding hydrogens is 174 g/mol. The maximum Gasteiger partial charge on any atom is 0.0475 e. The van der Waals surface area contributed by atoms with Crippen LogP contribution in [0.4, 0.5) is 5.69 Å². The maximum absolute atomic E-state index is 9.03. The van der Waals surface area contributed by atoms with Gasteiger partial charge in [-0.25, -0.2) is 0 Å². The van der Waals surface area contributed by atoms with Gasteiger partial charge in [0.1, 0.15) is 0 Å². The first-order valence-electron chi connectivity index (χ1n) is 5.18. The van der Waals surface area contributed by atoms with Gasteiger partial charge in [-0.3, -0.25) is 0 Å². The molecule has 0 aromatic heterocycles. The quantitative estimate of drug-likeness (QED) is 0.752. The van der Waals surface area contributed by atoms with E-state index in [1.807, 2.05) is 12.1 Å². The number of benzene rings is 1. The zero-order chi connectivity index (χ0) is 10.4. The van der Waals surface area contributed by atoms with Crippen molar-refractivity contribution in [1.29, 1.82) is 0 Å². The van der Waals surface area contributed by atoms with E-state index in [0.717, 1.165) is 13.0 Å². The van der Waals surface area contributed by atoms with E-state index >= 15 is 0 Å². The standard InChI is InChI=1S/C12H19NO/c1-3-11(9-14)8-13-12-7-5-4-6-10(12)2/h4-7,11,13-14H,3,8-9H2,1-2H3. The van der Waals surface area contributed by atoms with Gasteiger partial charge in [-0.1, -0.05) is 25.1 Å². The minimum Gasteiger partial charge on any atom is -0.396 e. The van der Waals surface area contributed by atoms with Crippen LogP contribution in [0.1, 0.15) is 18.9 Å². The summed E-state index contributed by atoms with van der Waals surface area (Å²) in [6.45, 7) is 5.29. The summed E-state index contributed by atoms with van der Waals surface area (Å²) < 4.78 is 0. The van der Waals surface area contributed by atoms with Gasteiger partial charge in [0, 0.05) is 18.8 Å². The number of hydrogen-bond donors (Lipinski definition) is 2. The van der Waals surface area contributed by atoms with E-state index in [-0.39, 0.29) is 6.61 Å². The molecule has 2 nitrogen and oxygen atoms in total. The van der Waals surface area contributed by atoms with Crippen molar-refractivity contribution >= 4 is 5.69 Å². The highest BCUT2D eigenvalue weighted by Gasteiger charge is 2.04. The van der Waals surface area contributed by atoms with Crippen LogP contribution in [0, 0.1) is 12.8 Å². The van der Waals surface area contributed by atoms with Crippen molar-refractivity contribution in [3.8, 4) is 0 Å². The molecule has 0 bridgehead atoms. The molecule has 0 fully saturated rings. The normalized spacial score (nSPS) is 12.5. The Morgan fingerprint density at radius 2 is 2.07 bits per heavy atom. The van der Waals surface area contributed by atoms with Crippen LogP contribution in [0.25, 0.3) is 0 Å². The monoisotopic (exact) mass is 193 g/mol. The highest BCUT2D eigenvalue weighted by molar-refractivity contribution is 5.50. The van der Waals surface area contributed by atoms with E-state index in [9.17, 15) is 0 Å². The molecule has 0 saturated heterocycles. The number of nitrogens with one attached hydrogen (secondary N) is 1. The summed E-state index contributed by atoms with van der Waals surface area (Å²) in [5.41, 5.74) is 2.42. The Morgan fingerprint density at radius 3 is 2.64 bits per heavy atom. The molecule has 1 aromatic carbocycles. The van der Waals surface area contributed by atoms with E-state index in [0.29, 0.717) is 5.92 Å². The Bertz CT molecular complexity index is 269. The summed E-state index contributed by atoms with van der Waals surface area (Å²) >= 11 is 0. The molecule has 0 spiro atoms. The first kappa shape index (κ1) is 11.1.